The Hall–Kier alpha value is -2.21. The van der Waals surface area contributed by atoms with Gasteiger partial charge in [-0.25, -0.2) is 4.79 Å². The van der Waals surface area contributed by atoms with Gasteiger partial charge in [-0.3, -0.25) is 4.79 Å². The average molecular weight is 382 g/mol. The molecule has 142 valence electrons. The summed E-state index contributed by atoms with van der Waals surface area (Å²) in [7, 11) is 3.00. The largest absolute Gasteiger partial charge is 0.493 e. The third-order valence-electron chi connectivity index (χ3n) is 4.22. The molecule has 0 radical (unpaired) electrons. The van der Waals surface area contributed by atoms with Gasteiger partial charge in [0, 0.05) is 19.2 Å². The van der Waals surface area contributed by atoms with Crippen molar-refractivity contribution in [1.82, 2.24) is 4.90 Å². The molecule has 0 N–H and O–H groups in total. The summed E-state index contributed by atoms with van der Waals surface area (Å²) in [5.41, 5.74) is 0.654. The average Bonchev–Trinajstić information content (AvgIpc) is 2.63. The summed E-state index contributed by atoms with van der Waals surface area (Å²) in [6.07, 6.45) is 4.91. The number of likely N-dealkylation sites (tertiary alicyclic amines) is 1. The van der Waals surface area contributed by atoms with E-state index in [2.05, 4.69) is 6.92 Å². The first-order valence-electron chi connectivity index (χ1n) is 8.48. The fourth-order valence-electron chi connectivity index (χ4n) is 2.89. The number of halogens is 1. The lowest BCUT2D eigenvalue weighted by atomic mass is 10.0. The van der Waals surface area contributed by atoms with E-state index in [4.69, 9.17) is 25.8 Å². The standard InChI is InChI=1S/C19H24ClNO5/c1-13-5-4-8-21(11-13)17(22)12-26-18(23)7-6-14-9-15(20)19(25-3)16(10-14)24-2/h6-7,9-10,13H,4-5,8,11-12H2,1-3H3/b7-6+/t13-/m0/s1. The van der Waals surface area contributed by atoms with Crippen LogP contribution in [0.25, 0.3) is 6.08 Å². The van der Waals surface area contributed by atoms with Gasteiger partial charge in [0.2, 0.25) is 0 Å². The Bertz CT molecular complexity index is 689. The van der Waals surface area contributed by atoms with Crippen LogP contribution in [-0.2, 0) is 14.3 Å². The second-order valence-electron chi connectivity index (χ2n) is 6.27. The lowest BCUT2D eigenvalue weighted by molar-refractivity contribution is -0.149. The molecule has 1 amide bonds. The maximum Gasteiger partial charge on any atom is 0.331 e. The van der Waals surface area contributed by atoms with Crippen LogP contribution in [0.15, 0.2) is 18.2 Å². The number of rotatable bonds is 6. The molecule has 0 spiro atoms. The predicted molar refractivity (Wildman–Crippen MR) is 99.5 cm³/mol. The van der Waals surface area contributed by atoms with E-state index in [1.54, 1.807) is 23.1 Å². The molecular formula is C19H24ClNO5. The lowest BCUT2D eigenvalue weighted by Gasteiger charge is -2.30. The zero-order chi connectivity index (χ0) is 19.1. The molecule has 0 aromatic heterocycles. The number of carbonyl (C=O) groups is 2. The van der Waals surface area contributed by atoms with E-state index in [1.165, 1.54) is 20.3 Å². The molecule has 1 aromatic rings. The Kier molecular flexibility index (Phi) is 7.33. The lowest BCUT2D eigenvalue weighted by Crippen LogP contribution is -2.41. The van der Waals surface area contributed by atoms with Crippen LogP contribution in [-0.4, -0.2) is 50.7 Å². The second kappa shape index (κ2) is 9.48. The molecule has 0 unspecified atom stereocenters. The van der Waals surface area contributed by atoms with Crippen LogP contribution in [0.3, 0.4) is 0 Å². The highest BCUT2D eigenvalue weighted by atomic mass is 35.5. The number of hydrogen-bond donors (Lipinski definition) is 0. The third kappa shape index (κ3) is 5.39. The van der Waals surface area contributed by atoms with E-state index in [0.29, 0.717) is 28.0 Å². The molecule has 0 bridgehead atoms. The Morgan fingerprint density at radius 3 is 2.73 bits per heavy atom. The number of nitrogens with zero attached hydrogens (tertiary/aromatic N) is 1. The van der Waals surface area contributed by atoms with E-state index < -0.39 is 5.97 Å². The van der Waals surface area contributed by atoms with E-state index in [1.807, 2.05) is 0 Å². The monoisotopic (exact) mass is 381 g/mol. The first kappa shape index (κ1) is 20.1. The number of methoxy groups -OCH3 is 2. The predicted octanol–water partition coefficient (Wildman–Crippen LogP) is 3.17. The SMILES string of the molecule is COc1cc(/C=C/C(=O)OCC(=O)N2CCC[C@H](C)C2)cc(Cl)c1OC. The van der Waals surface area contributed by atoms with Crippen LogP contribution in [0.1, 0.15) is 25.3 Å². The highest BCUT2D eigenvalue weighted by Gasteiger charge is 2.21. The number of esters is 1. The second-order valence-corrected chi connectivity index (χ2v) is 6.67. The van der Waals surface area contributed by atoms with Crippen LogP contribution >= 0.6 is 11.6 Å². The van der Waals surface area contributed by atoms with Crippen molar-refractivity contribution in [2.75, 3.05) is 33.9 Å². The van der Waals surface area contributed by atoms with Gasteiger partial charge in [0.1, 0.15) is 0 Å². The molecule has 1 heterocycles. The molecule has 0 aliphatic carbocycles. The molecule has 1 saturated heterocycles. The van der Waals surface area contributed by atoms with Crippen LogP contribution in [0.5, 0.6) is 11.5 Å². The highest BCUT2D eigenvalue weighted by Crippen LogP contribution is 2.36. The van der Waals surface area contributed by atoms with Crippen molar-refractivity contribution in [2.45, 2.75) is 19.8 Å². The van der Waals surface area contributed by atoms with Crippen molar-refractivity contribution in [3.05, 3.63) is 28.8 Å². The number of amides is 1. The van der Waals surface area contributed by atoms with Gasteiger partial charge in [-0.05, 0) is 42.5 Å². The molecule has 2 rings (SSSR count). The molecule has 1 aromatic carbocycles. The smallest absolute Gasteiger partial charge is 0.331 e. The number of ether oxygens (including phenoxy) is 3. The van der Waals surface area contributed by atoms with Crippen molar-refractivity contribution in [2.24, 2.45) is 5.92 Å². The molecule has 1 aliphatic heterocycles. The zero-order valence-electron chi connectivity index (χ0n) is 15.3. The Balaban J connectivity index is 1.91. The fraction of sp³-hybridized carbons (Fsp3) is 0.474. The molecule has 1 aliphatic rings. The van der Waals surface area contributed by atoms with Crippen LogP contribution in [0.4, 0.5) is 0 Å². The van der Waals surface area contributed by atoms with E-state index >= 15 is 0 Å². The van der Waals surface area contributed by atoms with Crippen molar-refractivity contribution < 1.29 is 23.8 Å². The minimum Gasteiger partial charge on any atom is -0.493 e. The molecular weight excluding hydrogens is 358 g/mol. The summed E-state index contributed by atoms with van der Waals surface area (Å²) in [6, 6.07) is 3.34. The van der Waals surface area contributed by atoms with Gasteiger partial charge in [-0.2, -0.15) is 0 Å². The van der Waals surface area contributed by atoms with E-state index in [9.17, 15) is 9.59 Å². The Morgan fingerprint density at radius 1 is 1.31 bits per heavy atom. The van der Waals surface area contributed by atoms with Gasteiger partial charge >= 0.3 is 5.97 Å². The summed E-state index contributed by atoms with van der Waals surface area (Å²) >= 11 is 6.12. The normalized spacial score (nSPS) is 17.2. The number of piperidine rings is 1. The molecule has 6 nitrogen and oxygen atoms in total. The number of hydrogen-bond acceptors (Lipinski definition) is 5. The minimum atomic E-state index is -0.589. The van der Waals surface area contributed by atoms with E-state index in [-0.39, 0.29) is 12.5 Å². The van der Waals surface area contributed by atoms with Crippen molar-refractivity contribution in [3.63, 3.8) is 0 Å². The molecule has 26 heavy (non-hydrogen) atoms. The number of benzene rings is 1. The maximum atomic E-state index is 12.1. The fourth-order valence-corrected chi connectivity index (χ4v) is 3.18. The summed E-state index contributed by atoms with van der Waals surface area (Å²) in [6.45, 7) is 3.31. The van der Waals surface area contributed by atoms with Crippen LogP contribution in [0.2, 0.25) is 5.02 Å². The van der Waals surface area contributed by atoms with Gasteiger partial charge in [0.15, 0.2) is 18.1 Å². The van der Waals surface area contributed by atoms with Gasteiger partial charge in [0.05, 0.1) is 19.2 Å². The Labute approximate surface area is 158 Å². The van der Waals surface area contributed by atoms with E-state index in [0.717, 1.165) is 25.9 Å². The maximum absolute atomic E-state index is 12.1. The zero-order valence-corrected chi connectivity index (χ0v) is 16.0. The van der Waals surface area contributed by atoms with Gasteiger partial charge < -0.3 is 19.1 Å². The van der Waals surface area contributed by atoms with Crippen molar-refractivity contribution in [3.8, 4) is 11.5 Å². The third-order valence-corrected chi connectivity index (χ3v) is 4.50. The van der Waals surface area contributed by atoms with Crippen LogP contribution in [0, 0.1) is 5.92 Å². The molecule has 0 saturated carbocycles. The van der Waals surface area contributed by atoms with Gasteiger partial charge in [-0.15, -0.1) is 0 Å². The quantitative estimate of drug-likeness (QED) is 0.559. The van der Waals surface area contributed by atoms with Crippen LogP contribution < -0.4 is 9.47 Å². The van der Waals surface area contributed by atoms with Crippen molar-refractivity contribution in [1.29, 1.82) is 0 Å². The first-order valence-corrected chi connectivity index (χ1v) is 8.86. The molecule has 7 heteroatoms. The minimum absolute atomic E-state index is 0.160. The summed E-state index contributed by atoms with van der Waals surface area (Å²) in [5.74, 6) is 0.623. The number of carbonyl (C=O) groups excluding carboxylic acids is 2. The summed E-state index contributed by atoms with van der Waals surface area (Å²) < 4.78 is 15.4. The molecule has 1 atom stereocenters. The van der Waals surface area contributed by atoms with Gasteiger partial charge in [-0.1, -0.05) is 18.5 Å². The Morgan fingerprint density at radius 2 is 2.08 bits per heavy atom. The molecule has 1 fully saturated rings. The van der Waals surface area contributed by atoms with Crippen molar-refractivity contribution >= 4 is 29.6 Å². The first-order chi connectivity index (χ1) is 12.4. The highest BCUT2D eigenvalue weighted by molar-refractivity contribution is 6.32. The van der Waals surface area contributed by atoms with Gasteiger partial charge in [0.25, 0.3) is 5.91 Å². The topological polar surface area (TPSA) is 65.1 Å². The summed E-state index contributed by atoms with van der Waals surface area (Å²) in [4.78, 5) is 25.7. The summed E-state index contributed by atoms with van der Waals surface area (Å²) in [5, 5.41) is 0.370.